The molecule has 0 amide bonds. The summed E-state index contributed by atoms with van der Waals surface area (Å²) in [5, 5.41) is 0.833. The maximum absolute atomic E-state index is 14.1. The minimum Gasteiger partial charge on any atom is -0.487 e. The fraction of sp³-hybridized carbons (Fsp3) is 0.212. The number of esters is 2. The second-order valence-corrected chi connectivity index (χ2v) is 12.5. The summed E-state index contributed by atoms with van der Waals surface area (Å²) in [7, 11) is 0. The zero-order valence-corrected chi connectivity index (χ0v) is 28.3. The minimum absolute atomic E-state index is 0.164. The summed E-state index contributed by atoms with van der Waals surface area (Å²) in [6.45, 7) is 5.82. The van der Waals surface area contributed by atoms with Gasteiger partial charge in [0.2, 0.25) is 0 Å². The molecule has 0 bridgehead atoms. The quantitative estimate of drug-likeness (QED) is 0.180. The zero-order valence-electron chi connectivity index (χ0n) is 24.4. The molecule has 0 aliphatic carbocycles. The van der Waals surface area contributed by atoms with Crippen molar-refractivity contribution in [3.63, 3.8) is 0 Å². The number of hydrogen-bond donors (Lipinski definition) is 0. The Balaban J connectivity index is 1.57. The molecule has 0 unspecified atom stereocenters. The van der Waals surface area contributed by atoms with Crippen LogP contribution in [0.15, 0.2) is 86.2 Å². The van der Waals surface area contributed by atoms with Gasteiger partial charge in [0.25, 0.3) is 5.56 Å². The number of thiazole rings is 1. The van der Waals surface area contributed by atoms with Crippen LogP contribution in [0.4, 0.5) is 0 Å². The van der Waals surface area contributed by atoms with Crippen LogP contribution in [0.25, 0.3) is 6.08 Å². The van der Waals surface area contributed by atoms with Crippen molar-refractivity contribution < 1.29 is 23.8 Å². The predicted molar refractivity (Wildman–Crippen MR) is 178 cm³/mol. The number of benzene rings is 3. The molecule has 45 heavy (non-hydrogen) atoms. The number of carbonyl (C=O) groups excluding carboxylic acids is 2. The number of fused-ring (bicyclic) bond motifs is 1. The van der Waals surface area contributed by atoms with Crippen molar-refractivity contribution in [1.29, 1.82) is 0 Å². The first-order valence-corrected chi connectivity index (χ1v) is 16.3. The van der Waals surface area contributed by atoms with Crippen LogP contribution >= 0.6 is 50.5 Å². The Morgan fingerprint density at radius 1 is 1.02 bits per heavy atom. The Labute approximate surface area is 281 Å². The molecule has 3 aromatic carbocycles. The summed E-state index contributed by atoms with van der Waals surface area (Å²) in [5.41, 5.74) is 2.71. The molecule has 8 nitrogen and oxygen atoms in total. The van der Waals surface area contributed by atoms with Crippen molar-refractivity contribution in [2.24, 2.45) is 4.99 Å². The smallest absolute Gasteiger partial charge is 0.338 e. The lowest BCUT2D eigenvalue weighted by Crippen LogP contribution is -2.40. The van der Waals surface area contributed by atoms with Gasteiger partial charge in [-0.25, -0.2) is 14.6 Å². The standard InChI is InChI=1S/C33H27BrCl2N2O6S/c1-4-42-31(40)20-12-10-19(11-13-20)17-44-29-21(14-22(35)16-24(29)34)15-26-30(39)38-28(23-8-6-7-9-25(23)36)27(32(41)43-5-2)18(3)37-33(38)45-26/h6-16,28H,4-5,17H2,1-3H3/b26-15-/t28-/m1/s1. The molecule has 1 aliphatic heterocycles. The van der Waals surface area contributed by atoms with E-state index in [9.17, 15) is 14.4 Å². The molecule has 5 rings (SSSR count). The van der Waals surface area contributed by atoms with Crippen LogP contribution in [0.1, 0.15) is 53.9 Å². The van der Waals surface area contributed by atoms with Crippen molar-refractivity contribution in [2.45, 2.75) is 33.4 Å². The van der Waals surface area contributed by atoms with E-state index in [1.807, 2.05) is 0 Å². The summed E-state index contributed by atoms with van der Waals surface area (Å²) >= 11 is 17.7. The molecule has 0 fully saturated rings. The topological polar surface area (TPSA) is 96.2 Å². The Hall–Kier alpha value is -3.70. The highest BCUT2D eigenvalue weighted by molar-refractivity contribution is 9.10. The third-order valence-electron chi connectivity index (χ3n) is 6.89. The van der Waals surface area contributed by atoms with E-state index in [0.717, 1.165) is 5.56 Å². The molecule has 1 atom stereocenters. The van der Waals surface area contributed by atoms with Crippen molar-refractivity contribution in [3.05, 3.63) is 128 Å². The second kappa shape index (κ2) is 14.2. The Kier molecular flexibility index (Phi) is 10.3. The fourth-order valence-electron chi connectivity index (χ4n) is 4.87. The maximum Gasteiger partial charge on any atom is 0.338 e. The van der Waals surface area contributed by atoms with E-state index >= 15 is 0 Å². The van der Waals surface area contributed by atoms with E-state index in [2.05, 4.69) is 20.9 Å². The van der Waals surface area contributed by atoms with Gasteiger partial charge in [0.05, 0.1) is 39.1 Å². The molecule has 2 heterocycles. The van der Waals surface area contributed by atoms with Gasteiger partial charge < -0.3 is 14.2 Å². The van der Waals surface area contributed by atoms with E-state index < -0.39 is 18.0 Å². The summed E-state index contributed by atoms with van der Waals surface area (Å²) in [6.07, 6.45) is 1.69. The van der Waals surface area contributed by atoms with Gasteiger partial charge in [-0.3, -0.25) is 9.36 Å². The predicted octanol–water partition coefficient (Wildman–Crippen LogP) is 6.62. The van der Waals surface area contributed by atoms with Gasteiger partial charge in [0.1, 0.15) is 18.4 Å². The summed E-state index contributed by atoms with van der Waals surface area (Å²) in [6, 6.07) is 16.6. The number of rotatable bonds is 9. The normalized spacial score (nSPS) is 14.5. The van der Waals surface area contributed by atoms with Gasteiger partial charge in [0, 0.05) is 15.6 Å². The summed E-state index contributed by atoms with van der Waals surface area (Å²) in [5.74, 6) is -0.496. The van der Waals surface area contributed by atoms with Gasteiger partial charge in [-0.05, 0) is 84.2 Å². The van der Waals surface area contributed by atoms with E-state index in [4.69, 9.17) is 37.4 Å². The molecule has 1 aromatic heterocycles. The monoisotopic (exact) mass is 728 g/mol. The highest BCUT2D eigenvalue weighted by Gasteiger charge is 2.34. The first-order valence-electron chi connectivity index (χ1n) is 13.9. The van der Waals surface area contributed by atoms with Crippen molar-refractivity contribution in [1.82, 2.24) is 4.57 Å². The lowest BCUT2D eigenvalue weighted by molar-refractivity contribution is -0.139. The summed E-state index contributed by atoms with van der Waals surface area (Å²) < 4.78 is 19.0. The van der Waals surface area contributed by atoms with E-state index in [1.54, 1.807) is 87.5 Å². The number of halogens is 3. The van der Waals surface area contributed by atoms with E-state index in [1.165, 1.54) is 15.9 Å². The van der Waals surface area contributed by atoms with Gasteiger partial charge in [-0.2, -0.15) is 0 Å². The molecule has 232 valence electrons. The average Bonchev–Trinajstić information content (AvgIpc) is 3.30. The Morgan fingerprint density at radius 3 is 2.40 bits per heavy atom. The number of allylic oxidation sites excluding steroid dienone is 1. The van der Waals surface area contributed by atoms with E-state index in [0.29, 0.717) is 58.6 Å². The van der Waals surface area contributed by atoms with Crippen molar-refractivity contribution in [2.75, 3.05) is 13.2 Å². The van der Waals surface area contributed by atoms with Crippen LogP contribution in [0.5, 0.6) is 5.75 Å². The number of carbonyl (C=O) groups is 2. The molecule has 1 aliphatic rings. The number of aromatic nitrogens is 1. The van der Waals surface area contributed by atoms with Crippen LogP contribution in [0.2, 0.25) is 10.0 Å². The number of ether oxygens (including phenoxy) is 3. The second-order valence-electron chi connectivity index (χ2n) is 9.84. The van der Waals surface area contributed by atoms with Crippen LogP contribution in [-0.4, -0.2) is 29.7 Å². The molecule has 12 heteroatoms. The largest absolute Gasteiger partial charge is 0.487 e. The zero-order chi connectivity index (χ0) is 32.2. The SMILES string of the molecule is CCOC(=O)C1=C(C)N=c2s/c(=C\c3cc(Cl)cc(Br)c3OCc3ccc(C(=O)OCC)cc3)c(=O)n2[C@@H]1c1ccccc1Cl. The lowest BCUT2D eigenvalue weighted by atomic mass is 9.96. The number of hydrogen-bond acceptors (Lipinski definition) is 8. The van der Waals surface area contributed by atoms with Crippen LogP contribution < -0.4 is 19.6 Å². The fourth-order valence-corrected chi connectivity index (χ4v) is 7.10. The van der Waals surface area contributed by atoms with Gasteiger partial charge >= 0.3 is 11.9 Å². The number of nitrogens with zero attached hydrogens (tertiary/aromatic N) is 2. The van der Waals surface area contributed by atoms with Crippen molar-refractivity contribution >= 4 is 68.5 Å². The van der Waals surface area contributed by atoms with Gasteiger partial charge in [-0.1, -0.05) is 64.9 Å². The molecule has 0 N–H and O–H groups in total. The molecule has 0 saturated carbocycles. The molecule has 4 aromatic rings. The van der Waals surface area contributed by atoms with Crippen LogP contribution in [0.3, 0.4) is 0 Å². The van der Waals surface area contributed by atoms with Crippen LogP contribution in [0, 0.1) is 0 Å². The molecule has 0 radical (unpaired) electrons. The molecule has 0 saturated heterocycles. The highest BCUT2D eigenvalue weighted by atomic mass is 79.9. The minimum atomic E-state index is -0.837. The molecular weight excluding hydrogens is 703 g/mol. The average molecular weight is 730 g/mol. The first-order chi connectivity index (χ1) is 21.6. The Bertz CT molecular complexity index is 2000. The Morgan fingerprint density at radius 2 is 1.71 bits per heavy atom. The summed E-state index contributed by atoms with van der Waals surface area (Å²) in [4.78, 5) is 44.3. The maximum atomic E-state index is 14.1. The third kappa shape index (κ3) is 6.94. The highest BCUT2D eigenvalue weighted by Crippen LogP contribution is 2.36. The van der Waals surface area contributed by atoms with Gasteiger partial charge in [-0.15, -0.1) is 0 Å². The molecule has 0 spiro atoms. The van der Waals surface area contributed by atoms with E-state index in [-0.39, 0.29) is 24.3 Å². The van der Waals surface area contributed by atoms with Crippen molar-refractivity contribution in [3.8, 4) is 5.75 Å². The van der Waals surface area contributed by atoms with Gasteiger partial charge in [0.15, 0.2) is 4.80 Å². The lowest BCUT2D eigenvalue weighted by Gasteiger charge is -2.25. The third-order valence-corrected chi connectivity index (χ3v) is 9.02. The first kappa shape index (κ1) is 32.7. The molecular formula is C33H27BrCl2N2O6S. The van der Waals surface area contributed by atoms with Crippen LogP contribution in [-0.2, 0) is 20.9 Å².